The van der Waals surface area contributed by atoms with Gasteiger partial charge >= 0.3 is 4.87 Å². The van der Waals surface area contributed by atoms with Gasteiger partial charge < -0.3 is 15.0 Å². The number of hydrogen-bond acceptors (Lipinski definition) is 7. The number of rotatable bonds is 6. The highest BCUT2D eigenvalue weighted by Gasteiger charge is 2.69. The van der Waals surface area contributed by atoms with Crippen LogP contribution in [-0.4, -0.2) is 34.6 Å². The molecule has 222 valence electrons. The molecule has 2 aliphatic heterocycles. The number of amides is 3. The molecule has 2 aliphatic carbocycles. The Bertz CT molecular complexity index is 1850. The van der Waals surface area contributed by atoms with Gasteiger partial charge in [-0.1, -0.05) is 53.8 Å². The number of aryl methyl sites for hydroxylation is 1. The number of anilines is 2. The van der Waals surface area contributed by atoms with Gasteiger partial charge in [-0.2, -0.15) is 0 Å². The molecule has 0 radical (unpaired) electrons. The molecule has 3 heterocycles. The summed E-state index contributed by atoms with van der Waals surface area (Å²) >= 11 is 2.91. The molecule has 2 bridgehead atoms. The number of imide groups is 1. The third-order valence-corrected chi connectivity index (χ3v) is 12.2. The molecule has 3 aromatic carbocycles. The number of aromatic nitrogens is 1. The SMILES string of the molecule is Cc1cccc(NC(=O)COc2ccc([C@H]3c4sc(=O)[nH]c4SC4C5CC(C6C(=O)N(c7ccccc7)C(=O)C56)C43)cc2)c1. The predicted molar refractivity (Wildman–Crippen MR) is 169 cm³/mol. The van der Waals surface area contributed by atoms with Gasteiger partial charge in [0.15, 0.2) is 6.61 Å². The van der Waals surface area contributed by atoms with E-state index in [1.807, 2.05) is 85.8 Å². The third kappa shape index (κ3) is 4.34. The Morgan fingerprint density at radius 1 is 0.955 bits per heavy atom. The first-order chi connectivity index (χ1) is 21.4. The average Bonchev–Trinajstić information content (AvgIpc) is 3.75. The van der Waals surface area contributed by atoms with Crippen molar-refractivity contribution in [2.75, 3.05) is 16.8 Å². The summed E-state index contributed by atoms with van der Waals surface area (Å²) in [7, 11) is 0. The Morgan fingerprint density at radius 3 is 2.45 bits per heavy atom. The van der Waals surface area contributed by atoms with Gasteiger partial charge in [0.25, 0.3) is 5.91 Å². The lowest BCUT2D eigenvalue weighted by Gasteiger charge is -2.43. The third-order valence-electron chi connectivity index (χ3n) is 9.65. The second-order valence-electron chi connectivity index (χ2n) is 12.1. The molecule has 3 fully saturated rings. The molecule has 44 heavy (non-hydrogen) atoms. The van der Waals surface area contributed by atoms with Crippen LogP contribution >= 0.6 is 23.1 Å². The predicted octanol–water partition coefficient (Wildman–Crippen LogP) is 5.44. The van der Waals surface area contributed by atoms with Crippen LogP contribution in [0.5, 0.6) is 5.75 Å². The van der Waals surface area contributed by atoms with Crippen LogP contribution in [0.15, 0.2) is 88.7 Å². The lowest BCUT2D eigenvalue weighted by molar-refractivity contribution is -0.123. The highest BCUT2D eigenvalue weighted by atomic mass is 32.2. The van der Waals surface area contributed by atoms with Crippen molar-refractivity contribution in [2.24, 2.45) is 29.6 Å². The molecule has 4 aliphatic rings. The fourth-order valence-corrected chi connectivity index (χ4v) is 11.0. The number of ether oxygens (including phenoxy) is 1. The Kier molecular flexibility index (Phi) is 6.53. The van der Waals surface area contributed by atoms with Crippen LogP contribution < -0.4 is 19.8 Å². The smallest absolute Gasteiger partial charge is 0.305 e. The number of fused-ring (bicyclic) bond motifs is 9. The molecule has 7 atom stereocenters. The Hall–Kier alpha value is -4.15. The molecule has 3 amide bonds. The summed E-state index contributed by atoms with van der Waals surface area (Å²) < 4.78 is 5.80. The van der Waals surface area contributed by atoms with Crippen molar-refractivity contribution in [2.45, 2.75) is 29.5 Å². The number of H-pyrrole nitrogens is 1. The second-order valence-corrected chi connectivity index (χ2v) is 14.3. The van der Waals surface area contributed by atoms with Crippen LogP contribution in [0.4, 0.5) is 11.4 Å². The first-order valence-electron chi connectivity index (χ1n) is 14.8. The Labute approximate surface area is 261 Å². The van der Waals surface area contributed by atoms with Gasteiger partial charge in [-0.25, -0.2) is 0 Å². The summed E-state index contributed by atoms with van der Waals surface area (Å²) in [5, 5.41) is 3.85. The second kappa shape index (κ2) is 10.5. The lowest BCUT2D eigenvalue weighted by Crippen LogP contribution is -2.42. The summed E-state index contributed by atoms with van der Waals surface area (Å²) in [5.41, 5.74) is 3.45. The van der Waals surface area contributed by atoms with Gasteiger partial charge in [0.2, 0.25) is 11.8 Å². The van der Waals surface area contributed by atoms with Crippen molar-refractivity contribution in [1.29, 1.82) is 0 Å². The topological polar surface area (TPSA) is 109 Å². The summed E-state index contributed by atoms with van der Waals surface area (Å²) in [5.74, 6) is -0.380. The van der Waals surface area contributed by atoms with E-state index >= 15 is 0 Å². The molecule has 2 saturated carbocycles. The van der Waals surface area contributed by atoms with E-state index in [0.29, 0.717) is 11.4 Å². The zero-order chi connectivity index (χ0) is 30.1. The van der Waals surface area contributed by atoms with Gasteiger partial charge in [0, 0.05) is 21.7 Å². The van der Waals surface area contributed by atoms with E-state index in [4.69, 9.17) is 4.74 Å². The summed E-state index contributed by atoms with van der Waals surface area (Å²) in [6, 6.07) is 24.5. The normalized spacial score (nSPS) is 28.0. The van der Waals surface area contributed by atoms with Crippen LogP contribution in [-0.2, 0) is 14.4 Å². The molecule has 8 nitrogen and oxygen atoms in total. The number of carbonyl (C=O) groups excluding carboxylic acids is 3. The maximum Gasteiger partial charge on any atom is 0.305 e. The standard InChI is InChI=1S/C34H29N3O5S2/c1-17-6-5-7-19(14-17)35-24(38)16-42-21-12-10-18(11-13-21)25-26-22-15-23(29(26)43-31-30(25)44-34(41)36-31)28-27(22)32(39)37(33(28)40)20-8-3-2-4-9-20/h2-14,22-23,25-29H,15-16H2,1H3,(H,35,38)(H,36,41)/t22?,23?,25-,26?,27?,28?,29?/m1/s1. The van der Waals surface area contributed by atoms with E-state index in [1.165, 1.54) is 16.2 Å². The minimum absolute atomic E-state index is 0.0456. The summed E-state index contributed by atoms with van der Waals surface area (Å²) in [6.07, 6.45) is 0.838. The van der Waals surface area contributed by atoms with Crippen LogP contribution in [0.1, 0.15) is 28.3 Å². The van der Waals surface area contributed by atoms with Gasteiger partial charge in [0.1, 0.15) is 5.75 Å². The van der Waals surface area contributed by atoms with E-state index in [-0.39, 0.29) is 70.0 Å². The fourth-order valence-electron chi connectivity index (χ4n) is 8.06. The van der Waals surface area contributed by atoms with Crippen molar-refractivity contribution in [3.8, 4) is 5.75 Å². The Morgan fingerprint density at radius 2 is 1.70 bits per heavy atom. The van der Waals surface area contributed by atoms with Crippen LogP contribution in [0, 0.1) is 36.5 Å². The van der Waals surface area contributed by atoms with Crippen molar-refractivity contribution in [1.82, 2.24) is 4.98 Å². The molecular weight excluding hydrogens is 595 g/mol. The van der Waals surface area contributed by atoms with Crippen molar-refractivity contribution >= 4 is 52.2 Å². The molecule has 8 rings (SSSR count). The number of carbonyl (C=O) groups is 3. The van der Waals surface area contributed by atoms with E-state index in [0.717, 1.165) is 33.1 Å². The minimum Gasteiger partial charge on any atom is -0.484 e. The summed E-state index contributed by atoms with van der Waals surface area (Å²) in [4.78, 5) is 58.0. The highest BCUT2D eigenvalue weighted by Crippen LogP contribution is 2.68. The average molecular weight is 624 g/mol. The molecule has 6 unspecified atom stereocenters. The number of thiazole rings is 1. The molecule has 1 aromatic heterocycles. The zero-order valence-electron chi connectivity index (χ0n) is 23.8. The maximum atomic E-state index is 13.9. The zero-order valence-corrected chi connectivity index (χ0v) is 25.4. The lowest BCUT2D eigenvalue weighted by atomic mass is 9.68. The number of hydrogen-bond donors (Lipinski definition) is 2. The van der Waals surface area contributed by atoms with E-state index < -0.39 is 0 Å². The summed E-state index contributed by atoms with van der Waals surface area (Å²) in [6.45, 7) is 1.85. The van der Waals surface area contributed by atoms with Gasteiger partial charge in [-0.15, -0.1) is 11.8 Å². The quantitative estimate of drug-likeness (QED) is 0.277. The largest absolute Gasteiger partial charge is 0.484 e. The van der Waals surface area contributed by atoms with Gasteiger partial charge in [-0.3, -0.25) is 24.1 Å². The number of para-hydroxylation sites is 1. The van der Waals surface area contributed by atoms with E-state index in [1.54, 1.807) is 11.8 Å². The van der Waals surface area contributed by atoms with Crippen molar-refractivity contribution < 1.29 is 19.1 Å². The number of nitrogens with zero attached hydrogens (tertiary/aromatic N) is 1. The Balaban J connectivity index is 1.06. The van der Waals surface area contributed by atoms with E-state index in [2.05, 4.69) is 10.3 Å². The number of benzene rings is 3. The maximum absolute atomic E-state index is 13.9. The molecule has 1 saturated heterocycles. The monoisotopic (exact) mass is 623 g/mol. The van der Waals surface area contributed by atoms with Crippen LogP contribution in [0.3, 0.4) is 0 Å². The number of aromatic amines is 1. The van der Waals surface area contributed by atoms with Gasteiger partial charge in [-0.05, 0) is 78.6 Å². The van der Waals surface area contributed by atoms with Gasteiger partial charge in [0.05, 0.1) is 22.5 Å². The minimum atomic E-state index is -0.344. The first kappa shape index (κ1) is 27.4. The van der Waals surface area contributed by atoms with Crippen LogP contribution in [0.25, 0.3) is 0 Å². The van der Waals surface area contributed by atoms with Crippen molar-refractivity contribution in [3.05, 3.63) is 105 Å². The first-order valence-corrected chi connectivity index (χ1v) is 16.5. The molecule has 4 aromatic rings. The molecule has 0 spiro atoms. The van der Waals surface area contributed by atoms with Crippen LogP contribution in [0.2, 0.25) is 0 Å². The number of thioether (sulfide) groups is 1. The molecule has 2 N–H and O–H groups in total. The fraction of sp³-hybridized carbons (Fsp3) is 0.294. The highest BCUT2D eigenvalue weighted by molar-refractivity contribution is 8.00. The van der Waals surface area contributed by atoms with Crippen molar-refractivity contribution in [3.63, 3.8) is 0 Å². The molecular formula is C34H29N3O5S2. The molecule has 10 heteroatoms. The van der Waals surface area contributed by atoms with E-state index in [9.17, 15) is 19.2 Å². The number of nitrogens with one attached hydrogen (secondary N) is 2.